The van der Waals surface area contributed by atoms with Gasteiger partial charge in [0.2, 0.25) is 5.91 Å². The maximum atomic E-state index is 13.2. The molecule has 2 aromatic rings. The normalized spacial score (nSPS) is 20.1. The summed E-state index contributed by atoms with van der Waals surface area (Å²) in [5, 5.41) is 2.67. The maximum Gasteiger partial charge on any atom is 0.354 e. The quantitative estimate of drug-likeness (QED) is 0.449. The molecule has 3 amide bonds. The third-order valence-electron chi connectivity index (χ3n) is 7.67. The second kappa shape index (κ2) is 12.9. The average molecular weight is 557 g/mol. The zero-order valence-corrected chi connectivity index (χ0v) is 23.4. The Morgan fingerprint density at radius 2 is 1.68 bits per heavy atom. The number of amides is 3. The Labute approximate surface area is 234 Å². The lowest BCUT2D eigenvalue weighted by Crippen LogP contribution is -2.58. The minimum atomic E-state index is -0.960. The molecule has 0 atom stereocenters. The largest absolute Gasteiger partial charge is 0.354 e. The van der Waals surface area contributed by atoms with Crippen molar-refractivity contribution >= 4 is 17.8 Å². The number of carbonyl (C=O) groups excluding carboxylic acids is 2. The van der Waals surface area contributed by atoms with Crippen molar-refractivity contribution in [2.24, 2.45) is 11.5 Å². The number of piperazine rings is 1. The fourth-order valence-electron chi connectivity index (χ4n) is 5.34. The summed E-state index contributed by atoms with van der Waals surface area (Å²) in [5.74, 6) is -0.00379. The second-order valence-electron chi connectivity index (χ2n) is 11.3. The average Bonchev–Trinajstić information content (AvgIpc) is 2.93. The molecule has 12 heteroatoms. The fourth-order valence-corrected chi connectivity index (χ4v) is 5.34. The fraction of sp³-hybridized carbons (Fsp3) is 0.571. The van der Waals surface area contributed by atoms with Gasteiger partial charge in [0, 0.05) is 57.5 Å². The van der Waals surface area contributed by atoms with Gasteiger partial charge in [-0.25, -0.2) is 14.0 Å². The Hall–Kier alpha value is -3.35. The van der Waals surface area contributed by atoms with Crippen LogP contribution in [0.3, 0.4) is 0 Å². The van der Waals surface area contributed by atoms with Gasteiger partial charge in [0.05, 0.1) is 11.2 Å². The molecule has 1 aliphatic heterocycles. The number of rotatable bonds is 8. The predicted molar refractivity (Wildman–Crippen MR) is 152 cm³/mol. The van der Waals surface area contributed by atoms with E-state index in [4.69, 9.17) is 11.5 Å². The number of alkyl halides is 1. The van der Waals surface area contributed by atoms with Crippen LogP contribution in [0.1, 0.15) is 45.1 Å². The van der Waals surface area contributed by atoms with Crippen LogP contribution in [-0.2, 0) is 11.3 Å². The van der Waals surface area contributed by atoms with E-state index in [1.54, 1.807) is 35.9 Å². The van der Waals surface area contributed by atoms with Crippen LogP contribution in [0.4, 0.5) is 15.0 Å². The number of aromatic nitrogens is 2. The van der Waals surface area contributed by atoms with Crippen molar-refractivity contribution in [3.05, 3.63) is 52.6 Å². The van der Waals surface area contributed by atoms with E-state index in [1.165, 1.54) is 4.57 Å². The molecule has 5 N–H and O–H groups in total. The Kier molecular flexibility index (Phi) is 9.54. The van der Waals surface area contributed by atoms with Gasteiger partial charge < -0.3 is 21.3 Å². The van der Waals surface area contributed by atoms with Crippen molar-refractivity contribution in [1.29, 1.82) is 0 Å². The zero-order chi connectivity index (χ0) is 28.9. The van der Waals surface area contributed by atoms with Crippen LogP contribution in [0, 0.1) is 0 Å². The molecule has 4 rings (SSSR count). The first-order valence-electron chi connectivity index (χ1n) is 13.9. The number of nitrogens with zero attached hydrogens (tertiary/aromatic N) is 5. The summed E-state index contributed by atoms with van der Waals surface area (Å²) in [6, 6.07) is 9.31. The lowest BCUT2D eigenvalue weighted by molar-refractivity contribution is -0.137. The molecular formula is C28H41FN8O3. The summed E-state index contributed by atoms with van der Waals surface area (Å²) in [6.45, 7) is 5.43. The standard InChI is InChI=1S/C28H41FN8O3/c1-28(2,31)25(38)34-15-17-35(18-16-34)26(39)32-24-11-13-37(27(40)33-24)23-7-3-20(4-8-23)19-36(14-12-29)22-9-5-21(30)6-10-22/h3-4,7-8,11,13,21-22H,5-6,9-10,12,14-19,30-31H2,1-2H3,(H,32,33,39,40)/t21-,22-. The zero-order valence-electron chi connectivity index (χ0n) is 23.4. The number of carbonyl (C=O) groups is 2. The van der Waals surface area contributed by atoms with E-state index >= 15 is 0 Å². The van der Waals surface area contributed by atoms with Crippen molar-refractivity contribution in [3.8, 4) is 5.69 Å². The lowest BCUT2D eigenvalue weighted by atomic mass is 9.90. The maximum absolute atomic E-state index is 13.2. The van der Waals surface area contributed by atoms with Crippen LogP contribution in [0.15, 0.2) is 41.3 Å². The summed E-state index contributed by atoms with van der Waals surface area (Å²) < 4.78 is 14.7. The minimum absolute atomic E-state index is 0.151. The van der Waals surface area contributed by atoms with Gasteiger partial charge in [-0.3, -0.25) is 19.6 Å². The Bertz CT molecular complexity index is 1210. The molecule has 0 bridgehead atoms. The van der Waals surface area contributed by atoms with Crippen LogP contribution in [0.2, 0.25) is 0 Å². The predicted octanol–water partition coefficient (Wildman–Crippen LogP) is 1.69. The van der Waals surface area contributed by atoms with E-state index < -0.39 is 17.9 Å². The Balaban J connectivity index is 1.34. The smallest absolute Gasteiger partial charge is 0.338 e. The molecule has 218 valence electrons. The highest BCUT2D eigenvalue weighted by Gasteiger charge is 2.31. The van der Waals surface area contributed by atoms with E-state index in [0.717, 1.165) is 31.2 Å². The molecule has 2 fully saturated rings. The van der Waals surface area contributed by atoms with Gasteiger partial charge in [-0.2, -0.15) is 4.98 Å². The number of halogens is 1. The molecule has 1 saturated heterocycles. The second-order valence-corrected chi connectivity index (χ2v) is 11.3. The Morgan fingerprint density at radius 3 is 2.25 bits per heavy atom. The van der Waals surface area contributed by atoms with Crippen LogP contribution in [0.5, 0.6) is 0 Å². The van der Waals surface area contributed by atoms with Crippen molar-refractivity contribution in [2.45, 2.75) is 63.7 Å². The van der Waals surface area contributed by atoms with Crippen molar-refractivity contribution < 1.29 is 14.0 Å². The van der Waals surface area contributed by atoms with Gasteiger partial charge >= 0.3 is 11.7 Å². The van der Waals surface area contributed by atoms with Crippen LogP contribution >= 0.6 is 0 Å². The van der Waals surface area contributed by atoms with Crippen LogP contribution < -0.4 is 22.5 Å². The van der Waals surface area contributed by atoms with E-state index in [0.29, 0.717) is 51.0 Å². The first-order valence-corrected chi connectivity index (χ1v) is 13.9. The SMILES string of the molecule is CC(C)(N)C(=O)N1CCN(C(=O)Nc2ccn(-c3ccc(CN(CCF)[C@H]4CC[C@H](N)CC4)cc3)c(=O)n2)CC1. The third-order valence-corrected chi connectivity index (χ3v) is 7.67. The number of benzene rings is 1. The summed E-state index contributed by atoms with van der Waals surface area (Å²) in [4.78, 5) is 47.3. The molecule has 40 heavy (non-hydrogen) atoms. The van der Waals surface area contributed by atoms with Crippen molar-refractivity contribution in [3.63, 3.8) is 0 Å². The molecule has 0 unspecified atom stereocenters. The van der Waals surface area contributed by atoms with Crippen LogP contribution in [0.25, 0.3) is 5.69 Å². The lowest BCUT2D eigenvalue weighted by Gasteiger charge is -2.37. The van der Waals surface area contributed by atoms with Gasteiger partial charge in [0.1, 0.15) is 12.5 Å². The molecule has 1 aromatic carbocycles. The molecular weight excluding hydrogens is 515 g/mol. The molecule has 2 heterocycles. The number of hydrogen-bond acceptors (Lipinski definition) is 7. The van der Waals surface area contributed by atoms with Gasteiger partial charge in [-0.1, -0.05) is 12.1 Å². The molecule has 11 nitrogen and oxygen atoms in total. The van der Waals surface area contributed by atoms with E-state index in [2.05, 4.69) is 15.2 Å². The van der Waals surface area contributed by atoms with Crippen molar-refractivity contribution in [2.75, 3.05) is 44.7 Å². The molecule has 0 radical (unpaired) electrons. The van der Waals surface area contributed by atoms with E-state index in [1.807, 2.05) is 24.3 Å². The molecule has 2 aliphatic rings. The summed E-state index contributed by atoms with van der Waals surface area (Å²) in [5.41, 5.74) is 12.1. The molecule has 1 aromatic heterocycles. The summed E-state index contributed by atoms with van der Waals surface area (Å²) in [7, 11) is 0. The number of urea groups is 1. The van der Waals surface area contributed by atoms with Gasteiger partial charge in [0.25, 0.3) is 0 Å². The molecule has 0 spiro atoms. The Morgan fingerprint density at radius 1 is 1.05 bits per heavy atom. The first-order chi connectivity index (χ1) is 19.0. The highest BCUT2D eigenvalue weighted by atomic mass is 19.1. The topological polar surface area (TPSA) is 143 Å². The molecule has 1 aliphatic carbocycles. The monoisotopic (exact) mass is 556 g/mol. The third kappa shape index (κ3) is 7.43. The number of anilines is 1. The van der Waals surface area contributed by atoms with Gasteiger partial charge in [0.15, 0.2) is 0 Å². The van der Waals surface area contributed by atoms with Crippen molar-refractivity contribution in [1.82, 2.24) is 24.3 Å². The van der Waals surface area contributed by atoms with Gasteiger partial charge in [-0.15, -0.1) is 0 Å². The number of nitrogens with two attached hydrogens (primary N) is 2. The van der Waals surface area contributed by atoms with Gasteiger partial charge in [-0.05, 0) is 63.3 Å². The molecule has 1 saturated carbocycles. The first kappa shape index (κ1) is 29.6. The van der Waals surface area contributed by atoms with E-state index in [-0.39, 0.29) is 23.8 Å². The summed E-state index contributed by atoms with van der Waals surface area (Å²) >= 11 is 0. The minimum Gasteiger partial charge on any atom is -0.338 e. The summed E-state index contributed by atoms with van der Waals surface area (Å²) in [6.07, 6.45) is 5.45. The van der Waals surface area contributed by atoms with E-state index in [9.17, 15) is 18.8 Å². The number of nitrogens with one attached hydrogen (secondary N) is 1. The van der Waals surface area contributed by atoms with Crippen LogP contribution in [-0.4, -0.2) is 93.2 Å². The number of hydrogen-bond donors (Lipinski definition) is 3. The highest BCUT2D eigenvalue weighted by Crippen LogP contribution is 2.24. The highest BCUT2D eigenvalue weighted by molar-refractivity contribution is 5.89.